The van der Waals surface area contributed by atoms with E-state index >= 15 is 0 Å². The lowest BCUT2D eigenvalue weighted by molar-refractivity contribution is -0.127. The second-order valence-electron chi connectivity index (χ2n) is 6.96. The fourth-order valence-electron chi connectivity index (χ4n) is 3.31. The molecule has 1 aliphatic rings. The van der Waals surface area contributed by atoms with E-state index in [0.717, 1.165) is 24.3 Å². The van der Waals surface area contributed by atoms with Gasteiger partial charge in [0.25, 0.3) is 5.22 Å². The van der Waals surface area contributed by atoms with E-state index < -0.39 is 0 Å². The van der Waals surface area contributed by atoms with Gasteiger partial charge in [-0.05, 0) is 35.3 Å². The van der Waals surface area contributed by atoms with Gasteiger partial charge < -0.3 is 14.1 Å². The van der Waals surface area contributed by atoms with Crippen LogP contribution in [0.25, 0.3) is 5.57 Å². The molecule has 0 radical (unpaired) electrons. The predicted molar refractivity (Wildman–Crippen MR) is 116 cm³/mol. The van der Waals surface area contributed by atoms with E-state index in [1.165, 1.54) is 22.9 Å². The summed E-state index contributed by atoms with van der Waals surface area (Å²) in [6.07, 6.45) is 3.55. The van der Waals surface area contributed by atoms with Crippen molar-refractivity contribution in [1.82, 2.24) is 15.1 Å². The van der Waals surface area contributed by atoms with Crippen LogP contribution in [0.5, 0.6) is 5.75 Å². The summed E-state index contributed by atoms with van der Waals surface area (Å²) < 4.78 is 10.8. The first-order valence-electron chi connectivity index (χ1n) is 9.81. The van der Waals surface area contributed by atoms with Gasteiger partial charge in [-0.1, -0.05) is 60.3 Å². The average molecular weight is 422 g/mol. The van der Waals surface area contributed by atoms with Crippen LogP contribution in [-0.4, -0.2) is 47.0 Å². The Morgan fingerprint density at radius 1 is 1.13 bits per heavy atom. The Hall–Kier alpha value is -3.06. The van der Waals surface area contributed by atoms with Crippen LogP contribution in [0, 0.1) is 0 Å². The third-order valence-corrected chi connectivity index (χ3v) is 5.79. The van der Waals surface area contributed by atoms with Crippen LogP contribution in [0.3, 0.4) is 0 Å². The Morgan fingerprint density at radius 2 is 1.93 bits per heavy atom. The number of hydrogen-bond donors (Lipinski definition) is 0. The van der Waals surface area contributed by atoms with Crippen molar-refractivity contribution in [1.29, 1.82) is 0 Å². The van der Waals surface area contributed by atoms with Crippen LogP contribution < -0.4 is 4.74 Å². The first-order valence-corrected chi connectivity index (χ1v) is 10.8. The maximum Gasteiger partial charge on any atom is 0.277 e. The molecule has 0 saturated heterocycles. The minimum absolute atomic E-state index is 0.0817. The minimum atomic E-state index is 0.0817. The Kier molecular flexibility index (Phi) is 6.49. The van der Waals surface area contributed by atoms with E-state index in [1.807, 2.05) is 47.4 Å². The molecule has 30 heavy (non-hydrogen) atoms. The van der Waals surface area contributed by atoms with Crippen molar-refractivity contribution in [2.45, 2.75) is 18.1 Å². The third-order valence-electron chi connectivity index (χ3n) is 4.99. The van der Waals surface area contributed by atoms with Crippen LogP contribution in [0.1, 0.15) is 23.4 Å². The number of methoxy groups -OCH3 is 1. The molecule has 4 rings (SSSR count). The molecule has 0 fully saturated rings. The van der Waals surface area contributed by atoms with Gasteiger partial charge in [0.1, 0.15) is 5.75 Å². The molecule has 0 unspecified atom stereocenters. The number of nitrogens with zero attached hydrogens (tertiary/aromatic N) is 3. The van der Waals surface area contributed by atoms with Gasteiger partial charge in [-0.2, -0.15) is 0 Å². The van der Waals surface area contributed by atoms with Crippen LogP contribution in [0.15, 0.2) is 70.3 Å². The molecule has 7 heteroatoms. The number of carbonyl (C=O) groups is 1. The monoisotopic (exact) mass is 421 g/mol. The molecule has 1 amide bonds. The van der Waals surface area contributed by atoms with Gasteiger partial charge >= 0.3 is 0 Å². The van der Waals surface area contributed by atoms with E-state index in [2.05, 4.69) is 28.4 Å². The number of thioether (sulfide) groups is 1. The largest absolute Gasteiger partial charge is 0.497 e. The summed E-state index contributed by atoms with van der Waals surface area (Å²) in [7, 11) is 1.64. The number of benzene rings is 2. The highest BCUT2D eigenvalue weighted by Crippen LogP contribution is 2.24. The normalized spacial score (nSPS) is 13.8. The van der Waals surface area contributed by atoms with Crippen molar-refractivity contribution in [3.8, 4) is 5.75 Å². The van der Waals surface area contributed by atoms with Crippen LogP contribution in [0.2, 0.25) is 0 Å². The number of ether oxygens (including phenoxy) is 1. The summed E-state index contributed by atoms with van der Waals surface area (Å²) in [6, 6.07) is 18.0. The molecule has 0 spiro atoms. The molecule has 2 heterocycles. The molecule has 1 aliphatic heterocycles. The molecular formula is C23H23N3O3S. The molecular weight excluding hydrogens is 398 g/mol. The van der Waals surface area contributed by atoms with Crippen molar-refractivity contribution in [2.75, 3.05) is 26.0 Å². The van der Waals surface area contributed by atoms with Gasteiger partial charge in [-0.3, -0.25) is 4.79 Å². The Morgan fingerprint density at radius 3 is 2.63 bits per heavy atom. The lowest BCUT2D eigenvalue weighted by atomic mass is 10.00. The van der Waals surface area contributed by atoms with Gasteiger partial charge in [0.2, 0.25) is 11.8 Å². The standard InChI is InChI=1S/C23H23N3O3S/c1-28-20-9-7-17(8-10-20)15-21-24-25-23(29-21)30-16-22(27)26-13-11-19(12-14-26)18-5-3-2-4-6-18/h2-11H,12-16H2,1H3. The summed E-state index contributed by atoms with van der Waals surface area (Å²) in [5, 5.41) is 8.56. The zero-order valence-electron chi connectivity index (χ0n) is 16.8. The van der Waals surface area contributed by atoms with Crippen molar-refractivity contribution < 1.29 is 13.9 Å². The SMILES string of the molecule is COc1ccc(Cc2nnc(SCC(=O)N3CC=C(c4ccccc4)CC3)o2)cc1. The maximum absolute atomic E-state index is 12.5. The fraction of sp³-hybridized carbons (Fsp3) is 0.261. The number of amides is 1. The quantitative estimate of drug-likeness (QED) is 0.536. The van der Waals surface area contributed by atoms with Crippen molar-refractivity contribution in [2.24, 2.45) is 0 Å². The van der Waals surface area contributed by atoms with Crippen LogP contribution in [-0.2, 0) is 11.2 Å². The first-order chi connectivity index (χ1) is 14.7. The molecule has 0 aliphatic carbocycles. The number of hydrogen-bond acceptors (Lipinski definition) is 6. The van der Waals surface area contributed by atoms with E-state index in [0.29, 0.717) is 29.8 Å². The van der Waals surface area contributed by atoms with Gasteiger partial charge in [0.05, 0.1) is 19.3 Å². The van der Waals surface area contributed by atoms with Gasteiger partial charge in [-0.15, -0.1) is 10.2 Å². The van der Waals surface area contributed by atoms with Gasteiger partial charge in [0.15, 0.2) is 0 Å². The molecule has 1 aromatic heterocycles. The lowest BCUT2D eigenvalue weighted by Gasteiger charge is -2.26. The smallest absolute Gasteiger partial charge is 0.277 e. The summed E-state index contributed by atoms with van der Waals surface area (Å²) in [6.45, 7) is 1.36. The molecule has 0 N–H and O–H groups in total. The number of aromatic nitrogens is 2. The highest BCUT2D eigenvalue weighted by atomic mass is 32.2. The Bertz CT molecular complexity index is 1020. The topological polar surface area (TPSA) is 68.5 Å². The minimum Gasteiger partial charge on any atom is -0.497 e. The zero-order valence-corrected chi connectivity index (χ0v) is 17.6. The highest BCUT2D eigenvalue weighted by Gasteiger charge is 2.19. The maximum atomic E-state index is 12.5. The second kappa shape index (κ2) is 9.63. The van der Waals surface area contributed by atoms with E-state index in [1.54, 1.807) is 7.11 Å². The predicted octanol–water partition coefficient (Wildman–Crippen LogP) is 4.08. The molecule has 2 aromatic carbocycles. The molecule has 0 atom stereocenters. The van der Waals surface area contributed by atoms with Gasteiger partial charge in [-0.25, -0.2) is 0 Å². The molecule has 0 saturated carbocycles. The van der Waals surface area contributed by atoms with Gasteiger partial charge in [0, 0.05) is 13.1 Å². The summed E-state index contributed by atoms with van der Waals surface area (Å²) in [5.74, 6) is 1.71. The Balaban J connectivity index is 1.27. The van der Waals surface area contributed by atoms with Crippen LogP contribution in [0.4, 0.5) is 0 Å². The molecule has 3 aromatic rings. The van der Waals surface area contributed by atoms with Crippen LogP contribution >= 0.6 is 11.8 Å². The lowest BCUT2D eigenvalue weighted by Crippen LogP contribution is -2.35. The van der Waals surface area contributed by atoms with E-state index in [9.17, 15) is 4.79 Å². The van der Waals surface area contributed by atoms with Crippen molar-refractivity contribution >= 4 is 23.2 Å². The average Bonchev–Trinajstić information content (AvgIpc) is 3.26. The summed E-state index contributed by atoms with van der Waals surface area (Å²) in [4.78, 5) is 14.4. The summed E-state index contributed by atoms with van der Waals surface area (Å²) >= 11 is 1.28. The molecule has 154 valence electrons. The zero-order chi connectivity index (χ0) is 20.8. The Labute approximate surface area is 179 Å². The highest BCUT2D eigenvalue weighted by molar-refractivity contribution is 7.99. The number of carbonyl (C=O) groups excluding carboxylic acids is 1. The molecule has 0 bridgehead atoms. The second-order valence-corrected chi connectivity index (χ2v) is 7.89. The van der Waals surface area contributed by atoms with E-state index in [4.69, 9.17) is 9.15 Å². The van der Waals surface area contributed by atoms with Crippen molar-refractivity contribution in [3.63, 3.8) is 0 Å². The van der Waals surface area contributed by atoms with Crippen molar-refractivity contribution in [3.05, 3.63) is 77.7 Å². The molecule has 6 nitrogen and oxygen atoms in total. The number of rotatable bonds is 7. The third kappa shape index (κ3) is 5.10. The van der Waals surface area contributed by atoms with E-state index in [-0.39, 0.29) is 5.91 Å². The first kappa shape index (κ1) is 20.2. The summed E-state index contributed by atoms with van der Waals surface area (Å²) in [5.41, 5.74) is 3.59. The fourth-order valence-corrected chi connectivity index (χ4v) is 3.99.